The van der Waals surface area contributed by atoms with Gasteiger partial charge in [-0.05, 0) is 19.3 Å². The molecule has 0 aromatic rings. The first kappa shape index (κ1) is 26.9. The fraction of sp³-hybridized carbons (Fsp3) is 1.00. The minimum Gasteiger partial charge on any atom is -0.396 e. The van der Waals surface area contributed by atoms with Crippen LogP contribution in [0, 0.1) is 0 Å². The summed E-state index contributed by atoms with van der Waals surface area (Å²) in [5.74, 6) is 0. The normalized spacial score (nSPS) is 13.1. The Morgan fingerprint density at radius 1 is 0.593 bits per heavy atom. The predicted octanol–water partition coefficient (Wildman–Crippen LogP) is 6.67. The van der Waals surface area contributed by atoms with Crippen molar-refractivity contribution < 1.29 is 18.1 Å². The molecule has 1 unspecified atom stereocenters. The molecular formula is C22H46O4S. The van der Waals surface area contributed by atoms with Crippen LogP contribution in [0.2, 0.25) is 0 Å². The third-order valence-corrected chi connectivity index (χ3v) is 6.80. The van der Waals surface area contributed by atoms with E-state index in [-0.39, 0.29) is 0 Å². The van der Waals surface area contributed by atoms with Gasteiger partial charge < -0.3 is 5.11 Å². The van der Waals surface area contributed by atoms with Crippen LogP contribution in [-0.2, 0) is 10.1 Å². The lowest BCUT2D eigenvalue weighted by Crippen LogP contribution is -2.20. The molecule has 0 aliphatic carbocycles. The van der Waals surface area contributed by atoms with Crippen molar-refractivity contribution in [2.75, 3.05) is 6.61 Å². The highest BCUT2D eigenvalue weighted by molar-refractivity contribution is 7.86. The van der Waals surface area contributed by atoms with E-state index in [1.54, 1.807) is 0 Å². The average molecular weight is 407 g/mol. The number of hydrogen-bond donors (Lipinski definition) is 2. The van der Waals surface area contributed by atoms with Crippen molar-refractivity contribution >= 4 is 10.1 Å². The third kappa shape index (κ3) is 19.0. The molecule has 0 rings (SSSR count). The van der Waals surface area contributed by atoms with E-state index < -0.39 is 15.4 Å². The first-order chi connectivity index (χ1) is 13.0. The monoisotopic (exact) mass is 406 g/mol. The summed E-state index contributed by atoms with van der Waals surface area (Å²) in [6, 6.07) is 0. The lowest BCUT2D eigenvalue weighted by molar-refractivity contribution is 0.282. The summed E-state index contributed by atoms with van der Waals surface area (Å²) in [4.78, 5) is 0. The Bertz CT molecular complexity index is 395. The summed E-state index contributed by atoms with van der Waals surface area (Å²) in [6.45, 7) is 2.49. The summed E-state index contributed by atoms with van der Waals surface area (Å²) in [5.41, 5.74) is 0. The van der Waals surface area contributed by atoms with Gasteiger partial charge >= 0.3 is 0 Å². The zero-order chi connectivity index (χ0) is 20.2. The molecule has 5 heteroatoms. The number of aliphatic hydroxyl groups is 1. The summed E-state index contributed by atoms with van der Waals surface area (Å²) < 4.78 is 32.5. The molecule has 0 aromatic carbocycles. The van der Waals surface area contributed by atoms with Gasteiger partial charge in [0.25, 0.3) is 10.1 Å². The van der Waals surface area contributed by atoms with Gasteiger partial charge in [-0.25, -0.2) is 0 Å². The summed E-state index contributed by atoms with van der Waals surface area (Å²) in [6.07, 6.45) is 21.0. The Morgan fingerprint density at radius 3 is 1.26 bits per heavy atom. The first-order valence-electron chi connectivity index (χ1n) is 11.6. The Labute approximate surface area is 169 Å². The molecule has 0 bridgehead atoms. The van der Waals surface area contributed by atoms with E-state index >= 15 is 0 Å². The van der Waals surface area contributed by atoms with Gasteiger partial charge in [0.2, 0.25) is 0 Å². The third-order valence-electron chi connectivity index (χ3n) is 5.49. The molecule has 2 N–H and O–H groups in total. The number of unbranched alkanes of at least 4 members (excludes halogenated alkanes) is 15. The fourth-order valence-corrected chi connectivity index (χ4v) is 4.60. The van der Waals surface area contributed by atoms with Crippen molar-refractivity contribution in [2.24, 2.45) is 0 Å². The molecule has 0 aliphatic heterocycles. The first-order valence-corrected chi connectivity index (χ1v) is 13.1. The Hall–Kier alpha value is -0.130. The van der Waals surface area contributed by atoms with Crippen LogP contribution in [0.3, 0.4) is 0 Å². The average Bonchev–Trinajstić information content (AvgIpc) is 2.62. The van der Waals surface area contributed by atoms with Gasteiger partial charge in [0, 0.05) is 6.61 Å². The molecular weight excluding hydrogens is 360 g/mol. The molecule has 4 nitrogen and oxygen atoms in total. The van der Waals surface area contributed by atoms with E-state index in [9.17, 15) is 13.0 Å². The topological polar surface area (TPSA) is 74.6 Å². The Morgan fingerprint density at radius 2 is 0.926 bits per heavy atom. The highest BCUT2D eigenvalue weighted by Gasteiger charge is 2.21. The molecule has 164 valence electrons. The number of aliphatic hydroxyl groups excluding tert-OH is 1. The van der Waals surface area contributed by atoms with E-state index in [1.807, 2.05) is 0 Å². The van der Waals surface area contributed by atoms with Crippen LogP contribution < -0.4 is 0 Å². The van der Waals surface area contributed by atoms with E-state index in [0.717, 1.165) is 44.9 Å². The van der Waals surface area contributed by atoms with E-state index in [1.165, 1.54) is 64.2 Å². The quantitative estimate of drug-likeness (QED) is 0.165. The fourth-order valence-electron chi connectivity index (χ4n) is 3.67. The van der Waals surface area contributed by atoms with Crippen molar-refractivity contribution in [1.82, 2.24) is 0 Å². The van der Waals surface area contributed by atoms with Crippen molar-refractivity contribution in [2.45, 2.75) is 134 Å². The lowest BCUT2D eigenvalue weighted by Gasteiger charge is -2.13. The van der Waals surface area contributed by atoms with Crippen LogP contribution in [0.1, 0.15) is 129 Å². The SMILES string of the molecule is CCCCCCCC(CCCCCCCCCCCCCCO)S(=O)(=O)O. The maximum Gasteiger partial charge on any atom is 0.267 e. The van der Waals surface area contributed by atoms with Gasteiger partial charge in [-0.3, -0.25) is 4.55 Å². The van der Waals surface area contributed by atoms with Crippen molar-refractivity contribution in [3.05, 3.63) is 0 Å². The van der Waals surface area contributed by atoms with Crippen molar-refractivity contribution in [3.8, 4) is 0 Å². The second-order valence-corrected chi connectivity index (χ2v) is 9.79. The molecule has 0 heterocycles. The largest absolute Gasteiger partial charge is 0.396 e. The minimum atomic E-state index is -3.89. The maximum absolute atomic E-state index is 11.5. The highest BCUT2D eigenvalue weighted by Crippen LogP contribution is 2.19. The molecule has 0 saturated heterocycles. The number of hydrogen-bond acceptors (Lipinski definition) is 3. The number of rotatable bonds is 21. The lowest BCUT2D eigenvalue weighted by atomic mass is 10.0. The molecule has 0 saturated carbocycles. The van der Waals surface area contributed by atoms with Gasteiger partial charge in [0.05, 0.1) is 5.25 Å². The van der Waals surface area contributed by atoms with Crippen molar-refractivity contribution in [1.29, 1.82) is 0 Å². The molecule has 0 aliphatic rings. The van der Waals surface area contributed by atoms with Crippen LogP contribution in [0.25, 0.3) is 0 Å². The zero-order valence-electron chi connectivity index (χ0n) is 17.8. The van der Waals surface area contributed by atoms with Gasteiger partial charge in [-0.15, -0.1) is 0 Å². The van der Waals surface area contributed by atoms with E-state index in [4.69, 9.17) is 5.11 Å². The smallest absolute Gasteiger partial charge is 0.267 e. The molecule has 1 atom stereocenters. The van der Waals surface area contributed by atoms with Crippen LogP contribution in [-0.4, -0.2) is 29.9 Å². The van der Waals surface area contributed by atoms with Crippen LogP contribution in [0.5, 0.6) is 0 Å². The standard InChI is InChI=1S/C22H46O4S/c1-2-3-4-13-16-19-22(27(24,25)26)20-17-14-11-9-7-5-6-8-10-12-15-18-21-23/h22-23H,2-21H2,1H3,(H,24,25,26). The Balaban J connectivity index is 3.55. The second-order valence-electron chi connectivity index (χ2n) is 8.09. The van der Waals surface area contributed by atoms with Crippen molar-refractivity contribution in [3.63, 3.8) is 0 Å². The zero-order valence-corrected chi connectivity index (χ0v) is 18.7. The van der Waals surface area contributed by atoms with E-state index in [0.29, 0.717) is 19.4 Å². The van der Waals surface area contributed by atoms with Crippen LogP contribution >= 0.6 is 0 Å². The molecule has 0 aromatic heterocycles. The van der Waals surface area contributed by atoms with Crippen LogP contribution in [0.4, 0.5) is 0 Å². The predicted molar refractivity (Wildman–Crippen MR) is 116 cm³/mol. The Kier molecular flexibility index (Phi) is 19.1. The minimum absolute atomic E-state index is 0.323. The molecule has 27 heavy (non-hydrogen) atoms. The van der Waals surface area contributed by atoms with E-state index in [2.05, 4.69) is 6.92 Å². The summed E-state index contributed by atoms with van der Waals surface area (Å²) >= 11 is 0. The van der Waals surface area contributed by atoms with Gasteiger partial charge in [-0.2, -0.15) is 8.42 Å². The van der Waals surface area contributed by atoms with Crippen LogP contribution in [0.15, 0.2) is 0 Å². The summed E-state index contributed by atoms with van der Waals surface area (Å²) in [5, 5.41) is 8.17. The molecule has 0 spiro atoms. The highest BCUT2D eigenvalue weighted by atomic mass is 32.2. The maximum atomic E-state index is 11.5. The van der Waals surface area contributed by atoms with Gasteiger partial charge in [0.15, 0.2) is 0 Å². The molecule has 0 amide bonds. The second kappa shape index (κ2) is 19.2. The molecule has 0 fully saturated rings. The van der Waals surface area contributed by atoms with Gasteiger partial charge in [-0.1, -0.05) is 110 Å². The summed E-state index contributed by atoms with van der Waals surface area (Å²) in [7, 11) is -3.89. The van der Waals surface area contributed by atoms with Gasteiger partial charge in [0.1, 0.15) is 0 Å². The molecule has 0 radical (unpaired) electrons.